The van der Waals surface area contributed by atoms with Crippen molar-refractivity contribution in [2.75, 3.05) is 0 Å². The summed E-state index contributed by atoms with van der Waals surface area (Å²) in [5.41, 5.74) is 4.58. The number of halogens is 2. The summed E-state index contributed by atoms with van der Waals surface area (Å²) in [4.78, 5) is 0. The van der Waals surface area contributed by atoms with Crippen LogP contribution in [0, 0.1) is 12.7 Å². The van der Waals surface area contributed by atoms with Gasteiger partial charge in [-0.25, -0.2) is 9.07 Å². The van der Waals surface area contributed by atoms with E-state index in [2.05, 4.69) is 11.2 Å². The second kappa shape index (κ2) is 5.77. The maximum Gasteiger partial charge on any atom is 0.126 e. The molecule has 2 nitrogen and oxygen atoms in total. The Labute approximate surface area is 144 Å². The van der Waals surface area contributed by atoms with Gasteiger partial charge in [-0.3, -0.25) is 0 Å². The van der Waals surface area contributed by atoms with Crippen molar-refractivity contribution in [1.29, 1.82) is 0 Å². The Hall–Kier alpha value is -2.65. The molecule has 4 rings (SSSR count). The van der Waals surface area contributed by atoms with Crippen molar-refractivity contribution in [2.24, 2.45) is 0 Å². The van der Waals surface area contributed by atoms with Gasteiger partial charge >= 0.3 is 0 Å². The largest absolute Gasteiger partial charge is 0.233 e. The number of aryl methyl sites for hydroxylation is 1. The number of aromatic nitrogens is 2. The molecule has 0 aliphatic carbocycles. The second-order valence-electron chi connectivity index (χ2n) is 5.77. The van der Waals surface area contributed by atoms with Gasteiger partial charge in [0.15, 0.2) is 0 Å². The van der Waals surface area contributed by atoms with Crippen molar-refractivity contribution in [3.8, 4) is 16.8 Å². The summed E-state index contributed by atoms with van der Waals surface area (Å²) in [7, 11) is 0. The average molecular weight is 337 g/mol. The summed E-state index contributed by atoms with van der Waals surface area (Å²) < 4.78 is 15.3. The van der Waals surface area contributed by atoms with E-state index in [1.165, 1.54) is 6.07 Å². The van der Waals surface area contributed by atoms with Crippen LogP contribution in [0.5, 0.6) is 0 Å². The Morgan fingerprint density at radius 2 is 1.79 bits per heavy atom. The van der Waals surface area contributed by atoms with Gasteiger partial charge in [0.25, 0.3) is 0 Å². The smallest absolute Gasteiger partial charge is 0.126 e. The van der Waals surface area contributed by atoms with Crippen LogP contribution in [0.1, 0.15) is 5.56 Å². The number of rotatable bonds is 2. The summed E-state index contributed by atoms with van der Waals surface area (Å²) in [6, 6.07) is 18.9. The van der Waals surface area contributed by atoms with Crippen molar-refractivity contribution in [1.82, 2.24) is 9.78 Å². The molecule has 0 spiro atoms. The van der Waals surface area contributed by atoms with Gasteiger partial charge in [0.05, 0.1) is 17.4 Å². The van der Waals surface area contributed by atoms with Gasteiger partial charge in [0.1, 0.15) is 5.82 Å². The third kappa shape index (κ3) is 2.57. The fraction of sp³-hybridized carbons (Fsp3) is 0.0500. The van der Waals surface area contributed by atoms with Crippen molar-refractivity contribution < 1.29 is 4.39 Å². The third-order valence-corrected chi connectivity index (χ3v) is 4.35. The van der Waals surface area contributed by atoms with Crippen LogP contribution in [-0.2, 0) is 0 Å². The van der Waals surface area contributed by atoms with E-state index in [1.807, 2.05) is 47.3 Å². The predicted octanol–water partition coefficient (Wildman–Crippen LogP) is 5.79. The summed E-state index contributed by atoms with van der Waals surface area (Å²) in [5.74, 6) is -0.210. The first-order valence-electron chi connectivity index (χ1n) is 7.62. The number of hydrogen-bond donors (Lipinski definition) is 0. The molecule has 3 aromatic carbocycles. The SMILES string of the molecule is Cc1cc(-n2ncc3cc(-c4cccc(Cl)c4)ccc32)ccc1F. The molecule has 0 amide bonds. The van der Waals surface area contributed by atoms with Crippen molar-refractivity contribution in [2.45, 2.75) is 6.92 Å². The molecule has 4 aromatic rings. The van der Waals surface area contributed by atoms with E-state index >= 15 is 0 Å². The van der Waals surface area contributed by atoms with E-state index in [-0.39, 0.29) is 5.82 Å². The van der Waals surface area contributed by atoms with Crippen molar-refractivity contribution in [3.63, 3.8) is 0 Å². The van der Waals surface area contributed by atoms with Crippen LogP contribution in [0.3, 0.4) is 0 Å². The predicted molar refractivity (Wildman–Crippen MR) is 96.2 cm³/mol. The number of hydrogen-bond acceptors (Lipinski definition) is 1. The standard InChI is InChI=1S/C20H14ClFN2/c1-13-9-18(6-7-19(13)22)24-20-8-5-15(10-16(20)12-23-24)14-3-2-4-17(21)11-14/h2-12H,1H3. The lowest BCUT2D eigenvalue weighted by molar-refractivity contribution is 0.617. The van der Waals surface area contributed by atoms with Crippen LogP contribution in [-0.4, -0.2) is 9.78 Å². The molecule has 0 aliphatic rings. The first-order valence-corrected chi connectivity index (χ1v) is 8.00. The Balaban J connectivity index is 1.82. The maximum atomic E-state index is 13.5. The summed E-state index contributed by atoms with van der Waals surface area (Å²) in [5, 5.41) is 6.19. The Morgan fingerprint density at radius 3 is 2.58 bits per heavy atom. The van der Waals surface area contributed by atoms with E-state index in [1.54, 1.807) is 19.1 Å². The lowest BCUT2D eigenvalue weighted by Gasteiger charge is -2.07. The van der Waals surface area contributed by atoms with Crippen LogP contribution in [0.4, 0.5) is 4.39 Å². The summed E-state index contributed by atoms with van der Waals surface area (Å²) in [6.45, 7) is 1.75. The van der Waals surface area contributed by atoms with E-state index in [9.17, 15) is 4.39 Å². The molecule has 1 heterocycles. The lowest BCUT2D eigenvalue weighted by Crippen LogP contribution is -1.97. The highest BCUT2D eigenvalue weighted by atomic mass is 35.5. The second-order valence-corrected chi connectivity index (χ2v) is 6.21. The highest BCUT2D eigenvalue weighted by Gasteiger charge is 2.08. The zero-order valence-electron chi connectivity index (χ0n) is 13.0. The molecule has 118 valence electrons. The minimum absolute atomic E-state index is 0.210. The van der Waals surface area contributed by atoms with Crippen molar-refractivity contribution >= 4 is 22.5 Å². The normalized spacial score (nSPS) is 11.1. The van der Waals surface area contributed by atoms with Gasteiger partial charge in [0.2, 0.25) is 0 Å². The monoisotopic (exact) mass is 336 g/mol. The first-order chi connectivity index (χ1) is 11.6. The molecule has 0 unspecified atom stereocenters. The highest BCUT2D eigenvalue weighted by Crippen LogP contribution is 2.27. The average Bonchev–Trinajstić information content (AvgIpc) is 3.00. The van der Waals surface area contributed by atoms with Crippen LogP contribution in [0.25, 0.3) is 27.7 Å². The van der Waals surface area contributed by atoms with Crippen molar-refractivity contribution in [3.05, 3.63) is 83.3 Å². The molecule has 0 saturated heterocycles. The topological polar surface area (TPSA) is 17.8 Å². The maximum absolute atomic E-state index is 13.5. The molecule has 0 radical (unpaired) electrons. The van der Waals surface area contributed by atoms with E-state index in [4.69, 9.17) is 11.6 Å². The van der Waals surface area contributed by atoms with Crippen LogP contribution in [0.15, 0.2) is 66.9 Å². The number of nitrogens with zero attached hydrogens (tertiary/aromatic N) is 2. The van der Waals surface area contributed by atoms with E-state index < -0.39 is 0 Å². The summed E-state index contributed by atoms with van der Waals surface area (Å²) in [6.07, 6.45) is 1.82. The fourth-order valence-corrected chi connectivity index (χ4v) is 3.04. The summed E-state index contributed by atoms with van der Waals surface area (Å²) >= 11 is 6.08. The Bertz CT molecular complexity index is 1050. The van der Waals surface area contributed by atoms with Gasteiger partial charge in [-0.15, -0.1) is 0 Å². The number of fused-ring (bicyclic) bond motifs is 1. The van der Waals surface area contributed by atoms with Gasteiger partial charge < -0.3 is 0 Å². The zero-order valence-corrected chi connectivity index (χ0v) is 13.8. The molecular formula is C20H14ClFN2. The Kier molecular flexibility index (Phi) is 3.58. The van der Waals surface area contributed by atoms with E-state index in [0.29, 0.717) is 10.6 Å². The third-order valence-electron chi connectivity index (χ3n) is 4.11. The minimum atomic E-state index is -0.210. The highest BCUT2D eigenvalue weighted by molar-refractivity contribution is 6.30. The quantitative estimate of drug-likeness (QED) is 0.453. The molecule has 24 heavy (non-hydrogen) atoms. The van der Waals surface area contributed by atoms with Gasteiger partial charge in [0, 0.05) is 10.4 Å². The fourth-order valence-electron chi connectivity index (χ4n) is 2.85. The molecule has 0 N–H and O–H groups in total. The van der Waals surface area contributed by atoms with Crippen LogP contribution < -0.4 is 0 Å². The number of benzene rings is 3. The molecule has 1 aromatic heterocycles. The van der Waals surface area contributed by atoms with Crippen LogP contribution in [0.2, 0.25) is 5.02 Å². The molecule has 0 atom stereocenters. The zero-order chi connectivity index (χ0) is 16.7. The van der Waals surface area contributed by atoms with E-state index in [0.717, 1.165) is 27.7 Å². The molecule has 4 heteroatoms. The van der Waals surface area contributed by atoms with Gasteiger partial charge in [-0.1, -0.05) is 29.8 Å². The van der Waals surface area contributed by atoms with Gasteiger partial charge in [-0.05, 0) is 66.1 Å². The molecule has 0 saturated carbocycles. The Morgan fingerprint density at radius 1 is 0.958 bits per heavy atom. The molecule has 0 bridgehead atoms. The first kappa shape index (κ1) is 14.9. The lowest BCUT2D eigenvalue weighted by atomic mass is 10.0. The minimum Gasteiger partial charge on any atom is -0.233 e. The molecular weight excluding hydrogens is 323 g/mol. The van der Waals surface area contributed by atoms with Gasteiger partial charge in [-0.2, -0.15) is 5.10 Å². The van der Waals surface area contributed by atoms with Crippen LogP contribution >= 0.6 is 11.6 Å². The molecule has 0 aliphatic heterocycles. The molecule has 0 fully saturated rings.